The van der Waals surface area contributed by atoms with Crippen LogP contribution in [0.4, 0.5) is 0 Å². The van der Waals surface area contributed by atoms with Crippen LogP contribution < -0.4 is 15.8 Å². The van der Waals surface area contributed by atoms with Gasteiger partial charge in [0.2, 0.25) is 5.91 Å². The largest absolute Gasteiger partial charge is 0.496 e. The molecule has 11 heteroatoms. The summed E-state index contributed by atoms with van der Waals surface area (Å²) in [5.74, 6) is -0.0377. The van der Waals surface area contributed by atoms with Crippen molar-refractivity contribution in [1.29, 1.82) is 0 Å². The zero-order valence-corrected chi connectivity index (χ0v) is 25.7. The average Bonchev–Trinajstić information content (AvgIpc) is 3.28. The molecule has 1 aliphatic heterocycles. The van der Waals surface area contributed by atoms with Crippen LogP contribution in [0.5, 0.6) is 5.75 Å². The second kappa shape index (κ2) is 11.3. The van der Waals surface area contributed by atoms with E-state index in [0.717, 1.165) is 40.9 Å². The SMILES string of the molecule is COc1cc2c(cc1-c1cncc(C(N)=O)c1)-c1c(c(C(=O)N3CCCNCC3(C)C)nn1-c1cc(Cl)cc(Cl)c1)CC2. The van der Waals surface area contributed by atoms with Gasteiger partial charge in [0.25, 0.3) is 5.91 Å². The van der Waals surface area contributed by atoms with Crippen molar-refractivity contribution in [3.8, 4) is 33.8 Å². The lowest BCUT2D eigenvalue weighted by Crippen LogP contribution is -2.51. The van der Waals surface area contributed by atoms with Crippen LogP contribution in [-0.4, -0.2) is 63.8 Å². The van der Waals surface area contributed by atoms with Crippen molar-refractivity contribution in [2.75, 3.05) is 26.7 Å². The summed E-state index contributed by atoms with van der Waals surface area (Å²) in [5.41, 5.74) is 11.5. The van der Waals surface area contributed by atoms with E-state index in [1.165, 1.54) is 6.20 Å². The fraction of sp³-hybridized carbons (Fsp3) is 0.312. The number of pyridine rings is 1. The number of halogens is 2. The molecule has 3 N–H and O–H groups in total. The highest BCUT2D eigenvalue weighted by Crippen LogP contribution is 2.43. The molecule has 3 heterocycles. The highest BCUT2D eigenvalue weighted by atomic mass is 35.5. The highest BCUT2D eigenvalue weighted by Gasteiger charge is 2.37. The van der Waals surface area contributed by atoms with Crippen molar-refractivity contribution in [3.63, 3.8) is 0 Å². The minimum absolute atomic E-state index is 0.104. The molecule has 2 aromatic carbocycles. The van der Waals surface area contributed by atoms with Gasteiger partial charge in [-0.2, -0.15) is 5.10 Å². The summed E-state index contributed by atoms with van der Waals surface area (Å²) in [5, 5.41) is 9.34. The Kier molecular flexibility index (Phi) is 7.66. The first-order valence-corrected chi connectivity index (χ1v) is 14.9. The number of aryl methyl sites for hydroxylation is 1. The maximum Gasteiger partial charge on any atom is 0.275 e. The van der Waals surface area contributed by atoms with E-state index >= 15 is 0 Å². The Morgan fingerprint density at radius 1 is 1.02 bits per heavy atom. The van der Waals surface area contributed by atoms with Gasteiger partial charge in [-0.05, 0) is 81.6 Å². The number of benzene rings is 2. The lowest BCUT2D eigenvalue weighted by atomic mass is 9.86. The summed E-state index contributed by atoms with van der Waals surface area (Å²) >= 11 is 12.9. The van der Waals surface area contributed by atoms with E-state index in [0.29, 0.717) is 64.2 Å². The number of ether oxygens (including phenoxy) is 1. The highest BCUT2D eigenvalue weighted by molar-refractivity contribution is 6.34. The molecule has 4 aromatic rings. The van der Waals surface area contributed by atoms with Crippen LogP contribution in [0.1, 0.15) is 52.2 Å². The molecule has 2 amide bonds. The van der Waals surface area contributed by atoms with Gasteiger partial charge in [0.1, 0.15) is 5.75 Å². The molecule has 222 valence electrons. The third-order valence-electron chi connectivity index (χ3n) is 8.21. The Morgan fingerprint density at radius 2 is 1.79 bits per heavy atom. The Hall–Kier alpha value is -3.92. The fourth-order valence-corrected chi connectivity index (χ4v) is 6.58. The molecule has 0 radical (unpaired) electrons. The third kappa shape index (κ3) is 5.37. The summed E-state index contributed by atoms with van der Waals surface area (Å²) in [6.45, 7) is 6.32. The molecule has 0 saturated carbocycles. The lowest BCUT2D eigenvalue weighted by molar-refractivity contribution is 0.0570. The minimum Gasteiger partial charge on any atom is -0.496 e. The Bertz CT molecular complexity index is 1750. The first-order valence-electron chi connectivity index (χ1n) is 14.1. The summed E-state index contributed by atoms with van der Waals surface area (Å²) in [4.78, 5) is 32.4. The number of fused-ring (bicyclic) bond motifs is 3. The molecule has 6 rings (SSSR count). The molecule has 0 unspecified atom stereocenters. The zero-order chi connectivity index (χ0) is 30.5. The van der Waals surface area contributed by atoms with Crippen LogP contribution in [0.2, 0.25) is 10.0 Å². The molecule has 2 aliphatic rings. The molecule has 0 bridgehead atoms. The summed E-state index contributed by atoms with van der Waals surface area (Å²) in [6.07, 6.45) is 5.26. The summed E-state index contributed by atoms with van der Waals surface area (Å²) in [6, 6.07) is 10.9. The second-order valence-corrected chi connectivity index (χ2v) is 12.4. The van der Waals surface area contributed by atoms with Crippen LogP contribution in [0.15, 0.2) is 48.8 Å². The average molecular weight is 620 g/mol. The number of nitrogens with two attached hydrogens (primary N) is 1. The maximum atomic E-state index is 14.3. The van der Waals surface area contributed by atoms with Crippen LogP contribution >= 0.6 is 23.2 Å². The Morgan fingerprint density at radius 3 is 2.51 bits per heavy atom. The normalized spacial score (nSPS) is 15.8. The fourth-order valence-electron chi connectivity index (χ4n) is 6.07. The second-order valence-electron chi connectivity index (χ2n) is 11.6. The van der Waals surface area contributed by atoms with Crippen molar-refractivity contribution >= 4 is 35.0 Å². The number of amides is 2. The molecule has 0 atom stereocenters. The van der Waals surface area contributed by atoms with E-state index < -0.39 is 11.4 Å². The van der Waals surface area contributed by atoms with Crippen LogP contribution in [0.25, 0.3) is 28.1 Å². The van der Waals surface area contributed by atoms with Gasteiger partial charge in [-0.15, -0.1) is 0 Å². The number of primary amides is 1. The quantitative estimate of drug-likeness (QED) is 0.312. The number of methoxy groups -OCH3 is 1. The molecular formula is C32H32Cl2N6O3. The molecule has 9 nitrogen and oxygen atoms in total. The van der Waals surface area contributed by atoms with Gasteiger partial charge >= 0.3 is 0 Å². The minimum atomic E-state index is -0.570. The van der Waals surface area contributed by atoms with Gasteiger partial charge < -0.3 is 20.7 Å². The Labute approximate surface area is 259 Å². The van der Waals surface area contributed by atoms with Crippen LogP contribution in [-0.2, 0) is 12.8 Å². The molecule has 2 aromatic heterocycles. The number of nitrogens with one attached hydrogen (secondary N) is 1. The van der Waals surface area contributed by atoms with Crippen LogP contribution in [0.3, 0.4) is 0 Å². The zero-order valence-electron chi connectivity index (χ0n) is 24.2. The van der Waals surface area contributed by atoms with Gasteiger partial charge in [-0.3, -0.25) is 14.6 Å². The van der Waals surface area contributed by atoms with E-state index in [9.17, 15) is 9.59 Å². The number of carbonyl (C=O) groups excluding carboxylic acids is 2. The van der Waals surface area contributed by atoms with Gasteiger partial charge in [0.15, 0.2) is 5.69 Å². The number of rotatable bonds is 5. The van der Waals surface area contributed by atoms with E-state index in [1.807, 2.05) is 17.0 Å². The maximum absolute atomic E-state index is 14.3. The first kappa shape index (κ1) is 29.2. The predicted molar refractivity (Wildman–Crippen MR) is 167 cm³/mol. The van der Waals surface area contributed by atoms with Crippen molar-refractivity contribution in [2.45, 2.75) is 38.6 Å². The molecule has 1 saturated heterocycles. The number of carbonyl (C=O) groups is 2. The first-order chi connectivity index (χ1) is 20.6. The van der Waals surface area contributed by atoms with E-state index in [4.69, 9.17) is 38.8 Å². The summed E-state index contributed by atoms with van der Waals surface area (Å²) < 4.78 is 7.56. The van der Waals surface area contributed by atoms with Gasteiger partial charge in [-0.25, -0.2) is 4.68 Å². The topological polar surface area (TPSA) is 115 Å². The van der Waals surface area contributed by atoms with Gasteiger partial charge in [-0.1, -0.05) is 23.2 Å². The molecule has 1 fully saturated rings. The number of aromatic nitrogens is 3. The smallest absolute Gasteiger partial charge is 0.275 e. The predicted octanol–water partition coefficient (Wildman–Crippen LogP) is 5.33. The molecule has 1 aliphatic carbocycles. The van der Waals surface area contributed by atoms with Gasteiger partial charge in [0.05, 0.1) is 29.6 Å². The van der Waals surface area contributed by atoms with Crippen molar-refractivity contribution < 1.29 is 14.3 Å². The van der Waals surface area contributed by atoms with E-state index in [2.05, 4.69) is 24.1 Å². The third-order valence-corrected chi connectivity index (χ3v) is 8.64. The lowest BCUT2D eigenvalue weighted by Gasteiger charge is -2.36. The molecular weight excluding hydrogens is 587 g/mol. The number of hydrogen-bond acceptors (Lipinski definition) is 6. The Balaban J connectivity index is 1.59. The molecule has 43 heavy (non-hydrogen) atoms. The monoisotopic (exact) mass is 618 g/mol. The van der Waals surface area contributed by atoms with Crippen molar-refractivity contribution in [1.82, 2.24) is 25.0 Å². The van der Waals surface area contributed by atoms with Crippen LogP contribution in [0, 0.1) is 0 Å². The standard InChI is InChI=1S/C32H32Cl2N6O3/c1-32(2)17-36-7-4-8-39(32)31(42)28-24-6-5-18-10-27(43-3)25(19-9-20(30(35)41)16-37-15-19)14-26(18)29(24)40(38-28)23-12-21(33)11-22(34)13-23/h9-16,36H,4-8,17H2,1-3H3,(H2,35,41). The number of nitrogens with zero attached hydrogens (tertiary/aromatic N) is 4. The summed E-state index contributed by atoms with van der Waals surface area (Å²) in [7, 11) is 1.61. The van der Waals surface area contributed by atoms with E-state index in [1.54, 1.807) is 42.3 Å². The van der Waals surface area contributed by atoms with Crippen molar-refractivity contribution in [3.05, 3.63) is 81.2 Å². The van der Waals surface area contributed by atoms with E-state index in [-0.39, 0.29) is 5.91 Å². The van der Waals surface area contributed by atoms with Gasteiger partial charge in [0, 0.05) is 57.8 Å². The number of hydrogen-bond donors (Lipinski definition) is 2. The van der Waals surface area contributed by atoms with Crippen molar-refractivity contribution in [2.24, 2.45) is 5.73 Å². The molecule has 0 spiro atoms.